The molecule has 1 fully saturated rings. The molecule has 4 N–H and O–H groups in total. The molecule has 1 aliphatic carbocycles. The quantitative estimate of drug-likeness (QED) is 0.672. The molecule has 0 spiro atoms. The molecule has 1 heterocycles. The first-order valence-corrected chi connectivity index (χ1v) is 7.36. The molecule has 0 aliphatic heterocycles. The summed E-state index contributed by atoms with van der Waals surface area (Å²) in [6.45, 7) is 5.23. The summed E-state index contributed by atoms with van der Waals surface area (Å²) in [5.74, 6) is 2.87. The summed E-state index contributed by atoms with van der Waals surface area (Å²) in [6.07, 6.45) is 6.17. The monoisotopic (exact) mass is 263 g/mol. The Morgan fingerprint density at radius 1 is 1.32 bits per heavy atom. The summed E-state index contributed by atoms with van der Waals surface area (Å²) in [4.78, 5) is 8.47. The SMILES string of the molecule is CCCNc1cc(NC(CC)CC2CC2)nc(N)n1. The van der Waals surface area contributed by atoms with Crippen LogP contribution in [0.15, 0.2) is 6.07 Å². The fourth-order valence-corrected chi connectivity index (χ4v) is 2.18. The van der Waals surface area contributed by atoms with Crippen molar-refractivity contribution in [3.8, 4) is 0 Å². The third-order valence-electron chi connectivity index (χ3n) is 3.46. The van der Waals surface area contributed by atoms with E-state index in [0.29, 0.717) is 12.0 Å². The number of nitrogen functional groups attached to an aromatic ring is 1. The maximum absolute atomic E-state index is 5.76. The summed E-state index contributed by atoms with van der Waals surface area (Å²) >= 11 is 0. The van der Waals surface area contributed by atoms with Gasteiger partial charge in [0.15, 0.2) is 0 Å². The van der Waals surface area contributed by atoms with Crippen molar-refractivity contribution in [2.45, 2.75) is 52.0 Å². The highest BCUT2D eigenvalue weighted by molar-refractivity contribution is 5.51. The third kappa shape index (κ3) is 4.58. The molecule has 0 aromatic carbocycles. The van der Waals surface area contributed by atoms with Crippen LogP contribution in [0.2, 0.25) is 0 Å². The predicted molar refractivity (Wildman–Crippen MR) is 80.3 cm³/mol. The maximum atomic E-state index is 5.76. The molecule has 0 bridgehead atoms. The van der Waals surface area contributed by atoms with E-state index in [1.165, 1.54) is 19.3 Å². The van der Waals surface area contributed by atoms with Gasteiger partial charge in [0.1, 0.15) is 11.6 Å². The van der Waals surface area contributed by atoms with Crippen LogP contribution in [0.25, 0.3) is 0 Å². The van der Waals surface area contributed by atoms with E-state index >= 15 is 0 Å². The van der Waals surface area contributed by atoms with Crippen molar-refractivity contribution in [1.29, 1.82) is 0 Å². The first kappa shape index (κ1) is 13.9. The molecule has 1 aliphatic rings. The van der Waals surface area contributed by atoms with E-state index in [-0.39, 0.29) is 0 Å². The van der Waals surface area contributed by atoms with E-state index in [0.717, 1.165) is 36.9 Å². The molecule has 1 atom stereocenters. The van der Waals surface area contributed by atoms with Crippen LogP contribution in [0, 0.1) is 5.92 Å². The van der Waals surface area contributed by atoms with Gasteiger partial charge in [0.2, 0.25) is 5.95 Å². The van der Waals surface area contributed by atoms with E-state index in [2.05, 4.69) is 34.4 Å². The van der Waals surface area contributed by atoms with Gasteiger partial charge in [-0.3, -0.25) is 0 Å². The second-order valence-corrected chi connectivity index (χ2v) is 5.35. The predicted octanol–water partition coefficient (Wildman–Crippen LogP) is 2.87. The van der Waals surface area contributed by atoms with Crippen molar-refractivity contribution in [2.24, 2.45) is 5.92 Å². The summed E-state index contributed by atoms with van der Waals surface area (Å²) in [5.41, 5.74) is 5.76. The topological polar surface area (TPSA) is 75.9 Å². The molecule has 19 heavy (non-hydrogen) atoms. The summed E-state index contributed by atoms with van der Waals surface area (Å²) < 4.78 is 0. The first-order valence-electron chi connectivity index (χ1n) is 7.36. The zero-order valence-electron chi connectivity index (χ0n) is 11.9. The van der Waals surface area contributed by atoms with Crippen LogP contribution in [-0.2, 0) is 0 Å². The van der Waals surface area contributed by atoms with Gasteiger partial charge in [0, 0.05) is 18.7 Å². The number of nitrogens with zero attached hydrogens (tertiary/aromatic N) is 2. The van der Waals surface area contributed by atoms with E-state index in [4.69, 9.17) is 5.73 Å². The number of aromatic nitrogens is 2. The maximum Gasteiger partial charge on any atom is 0.223 e. The largest absolute Gasteiger partial charge is 0.370 e. The lowest BCUT2D eigenvalue weighted by Gasteiger charge is -2.18. The van der Waals surface area contributed by atoms with Crippen LogP contribution >= 0.6 is 0 Å². The molecule has 106 valence electrons. The second-order valence-electron chi connectivity index (χ2n) is 5.35. The van der Waals surface area contributed by atoms with Crippen LogP contribution < -0.4 is 16.4 Å². The van der Waals surface area contributed by atoms with Crippen molar-refractivity contribution in [3.63, 3.8) is 0 Å². The van der Waals surface area contributed by atoms with Gasteiger partial charge in [0.25, 0.3) is 0 Å². The van der Waals surface area contributed by atoms with Gasteiger partial charge < -0.3 is 16.4 Å². The molecule has 0 radical (unpaired) electrons. The van der Waals surface area contributed by atoms with Crippen LogP contribution in [0.3, 0.4) is 0 Å². The van der Waals surface area contributed by atoms with Crippen molar-refractivity contribution < 1.29 is 0 Å². The van der Waals surface area contributed by atoms with Gasteiger partial charge in [-0.25, -0.2) is 0 Å². The van der Waals surface area contributed by atoms with Gasteiger partial charge in [0.05, 0.1) is 0 Å². The molecule has 5 nitrogen and oxygen atoms in total. The average molecular weight is 263 g/mol. The van der Waals surface area contributed by atoms with Gasteiger partial charge >= 0.3 is 0 Å². The van der Waals surface area contributed by atoms with Crippen molar-refractivity contribution in [3.05, 3.63) is 6.07 Å². The smallest absolute Gasteiger partial charge is 0.223 e. The van der Waals surface area contributed by atoms with Crippen LogP contribution in [0.1, 0.15) is 46.0 Å². The first-order chi connectivity index (χ1) is 9.21. The van der Waals surface area contributed by atoms with Crippen molar-refractivity contribution in [1.82, 2.24) is 9.97 Å². The Kier molecular flexibility index (Phi) is 4.82. The minimum Gasteiger partial charge on any atom is -0.370 e. The van der Waals surface area contributed by atoms with Crippen LogP contribution in [0.5, 0.6) is 0 Å². The molecule has 1 aromatic heterocycles. The number of nitrogens with two attached hydrogens (primary N) is 1. The Morgan fingerprint density at radius 2 is 2.05 bits per heavy atom. The lowest BCUT2D eigenvalue weighted by Crippen LogP contribution is -2.20. The standard InChI is InChI=1S/C14H25N5/c1-3-7-16-12-9-13(19-14(15)18-12)17-11(4-2)8-10-5-6-10/h9-11H,3-8H2,1-2H3,(H4,15,16,17,18,19). The van der Waals surface area contributed by atoms with E-state index in [1.807, 2.05) is 6.07 Å². The summed E-state index contributed by atoms with van der Waals surface area (Å²) in [7, 11) is 0. The highest BCUT2D eigenvalue weighted by Crippen LogP contribution is 2.34. The highest BCUT2D eigenvalue weighted by atomic mass is 15.1. The fourth-order valence-electron chi connectivity index (χ4n) is 2.18. The lowest BCUT2D eigenvalue weighted by atomic mass is 10.1. The Bertz CT molecular complexity index is 403. The molecule has 0 saturated heterocycles. The Labute approximate surface area is 115 Å². The van der Waals surface area contributed by atoms with Crippen LogP contribution in [-0.4, -0.2) is 22.6 Å². The van der Waals surface area contributed by atoms with Gasteiger partial charge in [-0.05, 0) is 25.2 Å². The lowest BCUT2D eigenvalue weighted by molar-refractivity contribution is 0.585. The highest BCUT2D eigenvalue weighted by Gasteiger charge is 2.24. The van der Waals surface area contributed by atoms with Gasteiger partial charge in [-0.1, -0.05) is 26.7 Å². The van der Waals surface area contributed by atoms with E-state index in [1.54, 1.807) is 0 Å². The number of nitrogens with one attached hydrogen (secondary N) is 2. The van der Waals surface area contributed by atoms with E-state index in [9.17, 15) is 0 Å². The van der Waals surface area contributed by atoms with Gasteiger partial charge in [-0.15, -0.1) is 0 Å². The molecular formula is C14H25N5. The Balaban J connectivity index is 1.98. The Morgan fingerprint density at radius 3 is 2.68 bits per heavy atom. The fraction of sp³-hybridized carbons (Fsp3) is 0.714. The number of rotatable bonds is 8. The zero-order valence-corrected chi connectivity index (χ0v) is 11.9. The third-order valence-corrected chi connectivity index (χ3v) is 3.46. The van der Waals surface area contributed by atoms with Crippen LogP contribution in [0.4, 0.5) is 17.6 Å². The van der Waals surface area contributed by atoms with Crippen molar-refractivity contribution >= 4 is 17.6 Å². The molecular weight excluding hydrogens is 238 g/mol. The molecule has 0 amide bonds. The minimum atomic E-state index is 0.324. The zero-order chi connectivity index (χ0) is 13.7. The van der Waals surface area contributed by atoms with E-state index < -0.39 is 0 Å². The van der Waals surface area contributed by atoms with Gasteiger partial charge in [-0.2, -0.15) is 9.97 Å². The average Bonchev–Trinajstić information content (AvgIpc) is 3.19. The molecule has 5 heteroatoms. The number of hydrogen-bond donors (Lipinski definition) is 3. The number of anilines is 3. The molecule has 2 rings (SSSR count). The number of hydrogen-bond acceptors (Lipinski definition) is 5. The summed E-state index contributed by atoms with van der Waals surface area (Å²) in [6, 6.07) is 2.43. The minimum absolute atomic E-state index is 0.324. The summed E-state index contributed by atoms with van der Waals surface area (Å²) in [5, 5.41) is 6.74. The second kappa shape index (κ2) is 6.59. The molecule has 1 saturated carbocycles. The normalized spacial score (nSPS) is 16.1. The molecule has 1 unspecified atom stereocenters. The molecule has 1 aromatic rings. The Hall–Kier alpha value is -1.52. The van der Waals surface area contributed by atoms with Crippen molar-refractivity contribution in [2.75, 3.05) is 22.9 Å².